The quantitative estimate of drug-likeness (QED) is 0.762. The lowest BCUT2D eigenvalue weighted by Crippen LogP contribution is -2.14. The lowest BCUT2D eigenvalue weighted by molar-refractivity contribution is -0.117. The number of rotatable bonds is 7. The van der Waals surface area contributed by atoms with Crippen molar-refractivity contribution in [1.29, 1.82) is 0 Å². The molecule has 0 aliphatic carbocycles. The molecule has 20 heavy (non-hydrogen) atoms. The number of benzene rings is 1. The minimum Gasteiger partial charge on any atom is -0.381 e. The van der Waals surface area contributed by atoms with Crippen molar-refractivity contribution in [1.82, 2.24) is 10.2 Å². The molecule has 2 N–H and O–H groups in total. The van der Waals surface area contributed by atoms with Gasteiger partial charge in [-0.25, -0.2) is 0 Å². The van der Waals surface area contributed by atoms with Crippen LogP contribution >= 0.6 is 0 Å². The first kappa shape index (κ1) is 14.3. The Labute approximate surface area is 118 Å². The van der Waals surface area contributed by atoms with Gasteiger partial charge in [-0.1, -0.05) is 19.1 Å². The van der Waals surface area contributed by atoms with Gasteiger partial charge in [0.25, 0.3) is 0 Å². The van der Waals surface area contributed by atoms with E-state index in [1.54, 1.807) is 6.20 Å². The summed E-state index contributed by atoms with van der Waals surface area (Å²) >= 11 is 0. The second-order valence-corrected chi connectivity index (χ2v) is 4.46. The van der Waals surface area contributed by atoms with Crippen molar-refractivity contribution >= 4 is 11.6 Å². The molecule has 0 aliphatic heterocycles. The van der Waals surface area contributed by atoms with Gasteiger partial charge in [0.2, 0.25) is 5.91 Å². The second kappa shape index (κ2) is 7.45. The van der Waals surface area contributed by atoms with E-state index in [1.807, 2.05) is 37.3 Å². The van der Waals surface area contributed by atoms with Crippen LogP contribution in [0.4, 0.5) is 5.69 Å². The topological polar surface area (TPSA) is 67.0 Å². The number of hydrogen-bond acceptors (Lipinski definition) is 3. The van der Waals surface area contributed by atoms with E-state index in [0.717, 1.165) is 23.4 Å². The lowest BCUT2D eigenvalue weighted by atomic mass is 10.1. The number of nitrogens with zero attached hydrogens (tertiary/aromatic N) is 1. The molecule has 0 bridgehead atoms. The van der Waals surface area contributed by atoms with Crippen LogP contribution in [0.15, 0.2) is 36.5 Å². The van der Waals surface area contributed by atoms with E-state index >= 15 is 0 Å². The summed E-state index contributed by atoms with van der Waals surface area (Å²) in [5, 5.41) is 9.66. The number of aromatic nitrogens is 2. The Hall–Kier alpha value is -2.14. The van der Waals surface area contributed by atoms with Crippen molar-refractivity contribution in [2.24, 2.45) is 0 Å². The highest BCUT2D eigenvalue weighted by Crippen LogP contribution is 2.18. The third-order valence-corrected chi connectivity index (χ3v) is 2.80. The molecular weight excluding hydrogens is 254 g/mol. The summed E-state index contributed by atoms with van der Waals surface area (Å²) in [6.45, 7) is 3.21. The first-order valence-electron chi connectivity index (χ1n) is 6.77. The third-order valence-electron chi connectivity index (χ3n) is 2.80. The summed E-state index contributed by atoms with van der Waals surface area (Å²) in [7, 11) is 0. The number of anilines is 1. The highest BCUT2D eigenvalue weighted by atomic mass is 16.5. The van der Waals surface area contributed by atoms with Gasteiger partial charge in [-0.3, -0.25) is 9.89 Å². The van der Waals surface area contributed by atoms with E-state index in [9.17, 15) is 4.79 Å². The van der Waals surface area contributed by atoms with E-state index < -0.39 is 0 Å². The Morgan fingerprint density at radius 1 is 1.25 bits per heavy atom. The van der Waals surface area contributed by atoms with E-state index in [2.05, 4.69) is 15.5 Å². The summed E-state index contributed by atoms with van der Waals surface area (Å²) in [4.78, 5) is 11.7. The maximum Gasteiger partial charge on any atom is 0.226 e. The van der Waals surface area contributed by atoms with Gasteiger partial charge >= 0.3 is 0 Å². The van der Waals surface area contributed by atoms with Gasteiger partial charge < -0.3 is 10.1 Å². The monoisotopic (exact) mass is 273 g/mol. The van der Waals surface area contributed by atoms with Gasteiger partial charge in [-0.05, 0) is 30.2 Å². The van der Waals surface area contributed by atoms with Crippen LogP contribution in [0.5, 0.6) is 0 Å². The molecule has 0 radical (unpaired) electrons. The number of nitrogens with one attached hydrogen (secondary N) is 2. The summed E-state index contributed by atoms with van der Waals surface area (Å²) in [5.41, 5.74) is 2.77. The Morgan fingerprint density at radius 2 is 2.05 bits per heavy atom. The van der Waals surface area contributed by atoms with Crippen LogP contribution in [-0.4, -0.2) is 29.3 Å². The van der Waals surface area contributed by atoms with Crippen molar-refractivity contribution in [2.45, 2.75) is 19.8 Å². The van der Waals surface area contributed by atoms with Gasteiger partial charge in [0.1, 0.15) is 0 Å². The summed E-state index contributed by atoms with van der Waals surface area (Å²) < 4.78 is 5.29. The molecule has 1 amide bonds. The van der Waals surface area contributed by atoms with Crippen LogP contribution in [0.3, 0.4) is 0 Å². The minimum absolute atomic E-state index is 0.0320. The molecule has 106 valence electrons. The fourth-order valence-electron chi connectivity index (χ4n) is 1.78. The maximum atomic E-state index is 11.7. The number of carbonyl (C=O) groups is 1. The van der Waals surface area contributed by atoms with E-state index in [1.165, 1.54) is 0 Å². The molecule has 2 aromatic rings. The molecule has 1 aromatic carbocycles. The van der Waals surface area contributed by atoms with Crippen LogP contribution in [0.2, 0.25) is 0 Å². The first-order chi connectivity index (χ1) is 9.79. The fourth-order valence-corrected chi connectivity index (χ4v) is 1.78. The van der Waals surface area contributed by atoms with Crippen LogP contribution in [-0.2, 0) is 9.53 Å². The molecule has 1 heterocycles. The molecule has 1 aromatic heterocycles. The summed E-state index contributed by atoms with van der Waals surface area (Å²) in [5.74, 6) is -0.0320. The molecule has 5 nitrogen and oxygen atoms in total. The number of aromatic amines is 1. The van der Waals surface area contributed by atoms with Gasteiger partial charge in [-0.15, -0.1) is 0 Å². The van der Waals surface area contributed by atoms with Crippen molar-refractivity contribution in [3.8, 4) is 11.3 Å². The van der Waals surface area contributed by atoms with Crippen molar-refractivity contribution in [3.63, 3.8) is 0 Å². The van der Waals surface area contributed by atoms with Crippen molar-refractivity contribution in [2.75, 3.05) is 18.5 Å². The second-order valence-electron chi connectivity index (χ2n) is 4.46. The van der Waals surface area contributed by atoms with E-state index in [0.29, 0.717) is 19.6 Å². The lowest BCUT2D eigenvalue weighted by Gasteiger charge is -2.06. The molecule has 0 atom stereocenters. The molecule has 2 rings (SSSR count). The largest absolute Gasteiger partial charge is 0.381 e. The Morgan fingerprint density at radius 3 is 2.70 bits per heavy atom. The summed E-state index contributed by atoms with van der Waals surface area (Å²) in [6, 6.07) is 9.54. The van der Waals surface area contributed by atoms with Crippen LogP contribution in [0, 0.1) is 0 Å². The van der Waals surface area contributed by atoms with E-state index in [-0.39, 0.29) is 5.91 Å². The predicted molar refractivity (Wildman–Crippen MR) is 78.4 cm³/mol. The predicted octanol–water partition coefficient (Wildman–Crippen LogP) is 2.83. The zero-order chi connectivity index (χ0) is 14.2. The minimum atomic E-state index is -0.0320. The highest BCUT2D eigenvalue weighted by Gasteiger charge is 2.03. The molecule has 0 saturated heterocycles. The van der Waals surface area contributed by atoms with Crippen LogP contribution < -0.4 is 5.32 Å². The van der Waals surface area contributed by atoms with E-state index in [4.69, 9.17) is 4.74 Å². The molecule has 0 aliphatic rings. The first-order valence-corrected chi connectivity index (χ1v) is 6.77. The molecular formula is C15H19N3O2. The van der Waals surface area contributed by atoms with Gasteiger partial charge in [0.05, 0.1) is 18.7 Å². The molecule has 0 saturated carbocycles. The standard InChI is InChI=1S/C15H19N3O2/c1-2-10-20-11-8-15(19)17-13-5-3-12(4-6-13)14-7-9-16-18-14/h3-7,9H,2,8,10-11H2,1H3,(H,16,18)(H,17,19). The number of carbonyl (C=O) groups excluding carboxylic acids is 1. The number of H-pyrrole nitrogens is 1. The number of amides is 1. The zero-order valence-corrected chi connectivity index (χ0v) is 11.6. The molecule has 5 heteroatoms. The van der Waals surface area contributed by atoms with Gasteiger partial charge in [-0.2, -0.15) is 5.10 Å². The SMILES string of the molecule is CCCOCCC(=O)Nc1ccc(-c2ccn[nH]2)cc1. The highest BCUT2D eigenvalue weighted by molar-refractivity contribution is 5.91. The molecule has 0 spiro atoms. The average Bonchev–Trinajstić information content (AvgIpc) is 2.99. The summed E-state index contributed by atoms with van der Waals surface area (Å²) in [6.07, 6.45) is 3.06. The van der Waals surface area contributed by atoms with Crippen LogP contribution in [0.1, 0.15) is 19.8 Å². The van der Waals surface area contributed by atoms with Crippen molar-refractivity contribution < 1.29 is 9.53 Å². The normalized spacial score (nSPS) is 10.4. The van der Waals surface area contributed by atoms with Gasteiger partial charge in [0.15, 0.2) is 0 Å². The average molecular weight is 273 g/mol. The molecule has 0 unspecified atom stereocenters. The van der Waals surface area contributed by atoms with Gasteiger partial charge in [0, 0.05) is 18.5 Å². The Kier molecular flexibility index (Phi) is 5.32. The van der Waals surface area contributed by atoms with Crippen LogP contribution in [0.25, 0.3) is 11.3 Å². The number of hydrogen-bond donors (Lipinski definition) is 2. The Bertz CT molecular complexity index is 521. The zero-order valence-electron chi connectivity index (χ0n) is 11.6. The van der Waals surface area contributed by atoms with Crippen molar-refractivity contribution in [3.05, 3.63) is 36.5 Å². The third kappa shape index (κ3) is 4.20. The maximum absolute atomic E-state index is 11.7. The fraction of sp³-hybridized carbons (Fsp3) is 0.333. The smallest absolute Gasteiger partial charge is 0.226 e. The number of ether oxygens (including phenoxy) is 1. The molecule has 0 fully saturated rings. The Balaban J connectivity index is 1.83.